The van der Waals surface area contributed by atoms with E-state index in [-0.39, 0.29) is 0 Å². The summed E-state index contributed by atoms with van der Waals surface area (Å²) in [5, 5.41) is 0. The molecule has 1 saturated carbocycles. The zero-order valence-electron chi connectivity index (χ0n) is 14.4. The highest BCUT2D eigenvalue weighted by molar-refractivity contribution is 5.80. The molecule has 3 nitrogen and oxygen atoms in total. The second-order valence-electron chi connectivity index (χ2n) is 8.34. The van der Waals surface area contributed by atoms with Crippen LogP contribution < -0.4 is 0 Å². The number of benzene rings is 1. The summed E-state index contributed by atoms with van der Waals surface area (Å²) in [6.07, 6.45) is 7.31. The molecule has 4 heterocycles. The highest BCUT2D eigenvalue weighted by atomic mass is 16.2. The molecule has 4 aliphatic heterocycles. The van der Waals surface area contributed by atoms with Gasteiger partial charge in [0, 0.05) is 24.4 Å². The molecule has 0 aromatic heterocycles. The third kappa shape index (κ3) is 2.24. The number of carbonyl (C=O) groups excluding carboxylic acids is 1. The molecule has 3 heteroatoms. The third-order valence-corrected chi connectivity index (χ3v) is 7.21. The smallest absolute Gasteiger partial charge is 0.226 e. The molecular weight excluding hydrogens is 296 g/mol. The Morgan fingerprint density at radius 2 is 1.62 bits per heavy atom. The van der Waals surface area contributed by atoms with Crippen LogP contribution in [0.3, 0.4) is 0 Å². The number of carbonyl (C=O) groups is 1. The van der Waals surface area contributed by atoms with Crippen molar-refractivity contribution < 1.29 is 4.79 Å². The first-order valence-corrected chi connectivity index (χ1v) is 9.92. The van der Waals surface area contributed by atoms with Gasteiger partial charge in [-0.05, 0) is 50.3 Å². The molecule has 0 N–H and O–H groups in total. The van der Waals surface area contributed by atoms with Crippen molar-refractivity contribution in [3.05, 3.63) is 35.9 Å². The predicted octanol–water partition coefficient (Wildman–Crippen LogP) is 3.27. The fourth-order valence-electron chi connectivity index (χ4n) is 6.07. The van der Waals surface area contributed by atoms with Gasteiger partial charge in [-0.1, -0.05) is 43.2 Å². The quantitative estimate of drug-likeness (QED) is 0.833. The Labute approximate surface area is 145 Å². The molecule has 128 valence electrons. The highest BCUT2D eigenvalue weighted by Gasteiger charge is 2.55. The highest BCUT2D eigenvalue weighted by Crippen LogP contribution is 2.47. The number of nitrogens with zero attached hydrogens (tertiary/aromatic N) is 2. The molecule has 0 radical (unpaired) electrons. The Bertz CT molecular complexity index is 602. The lowest BCUT2D eigenvalue weighted by atomic mass is 9.75. The SMILES string of the molecule is O=C(C1CCCC1)N1C[C@H](c2ccccc2)[C@H]2[C@@H]1C1CCN2CC1. The molecule has 4 saturated heterocycles. The van der Waals surface area contributed by atoms with E-state index in [0.717, 1.165) is 25.3 Å². The molecular formula is C21H28N2O. The van der Waals surface area contributed by atoms with Crippen molar-refractivity contribution in [2.24, 2.45) is 11.8 Å². The number of likely N-dealkylation sites (tertiary alicyclic amines) is 1. The lowest BCUT2D eigenvalue weighted by Crippen LogP contribution is -2.61. The fourth-order valence-corrected chi connectivity index (χ4v) is 6.07. The molecule has 2 bridgehead atoms. The molecule has 5 fully saturated rings. The lowest BCUT2D eigenvalue weighted by Gasteiger charge is -2.51. The van der Waals surface area contributed by atoms with E-state index in [1.807, 2.05) is 0 Å². The van der Waals surface area contributed by atoms with E-state index in [1.54, 1.807) is 0 Å². The van der Waals surface area contributed by atoms with Crippen LogP contribution in [0.5, 0.6) is 0 Å². The van der Waals surface area contributed by atoms with Gasteiger partial charge in [0.05, 0.1) is 6.04 Å². The summed E-state index contributed by atoms with van der Waals surface area (Å²) < 4.78 is 0. The Morgan fingerprint density at radius 1 is 0.917 bits per heavy atom. The monoisotopic (exact) mass is 324 g/mol. The first-order valence-electron chi connectivity index (χ1n) is 9.92. The molecule has 3 atom stereocenters. The van der Waals surface area contributed by atoms with Gasteiger partial charge < -0.3 is 4.90 Å². The van der Waals surface area contributed by atoms with Gasteiger partial charge in [-0.2, -0.15) is 0 Å². The van der Waals surface area contributed by atoms with Crippen LogP contribution >= 0.6 is 0 Å². The Balaban J connectivity index is 1.49. The Hall–Kier alpha value is -1.35. The largest absolute Gasteiger partial charge is 0.337 e. The summed E-state index contributed by atoms with van der Waals surface area (Å²) in [5.41, 5.74) is 1.43. The summed E-state index contributed by atoms with van der Waals surface area (Å²) in [6.45, 7) is 3.42. The topological polar surface area (TPSA) is 23.6 Å². The fraction of sp³-hybridized carbons (Fsp3) is 0.667. The van der Waals surface area contributed by atoms with Crippen molar-refractivity contribution in [3.63, 3.8) is 0 Å². The maximum absolute atomic E-state index is 13.3. The van der Waals surface area contributed by atoms with Crippen LogP contribution in [0.15, 0.2) is 30.3 Å². The van der Waals surface area contributed by atoms with E-state index < -0.39 is 0 Å². The van der Waals surface area contributed by atoms with Crippen molar-refractivity contribution >= 4 is 5.91 Å². The zero-order chi connectivity index (χ0) is 16.1. The number of fused-ring (bicyclic) bond motifs is 2. The number of rotatable bonds is 2. The van der Waals surface area contributed by atoms with E-state index in [4.69, 9.17) is 0 Å². The summed E-state index contributed by atoms with van der Waals surface area (Å²) in [7, 11) is 0. The van der Waals surface area contributed by atoms with Gasteiger partial charge in [0.2, 0.25) is 5.91 Å². The van der Waals surface area contributed by atoms with Crippen LogP contribution in [0.1, 0.15) is 50.0 Å². The molecule has 0 spiro atoms. The molecule has 1 aliphatic carbocycles. The predicted molar refractivity (Wildman–Crippen MR) is 94.7 cm³/mol. The van der Waals surface area contributed by atoms with Crippen LogP contribution in [0, 0.1) is 11.8 Å². The minimum absolute atomic E-state index is 0.315. The van der Waals surface area contributed by atoms with Crippen molar-refractivity contribution in [3.8, 4) is 0 Å². The maximum atomic E-state index is 13.3. The van der Waals surface area contributed by atoms with E-state index >= 15 is 0 Å². The van der Waals surface area contributed by atoms with Gasteiger partial charge in [-0.3, -0.25) is 9.69 Å². The summed E-state index contributed by atoms with van der Waals surface area (Å²) in [4.78, 5) is 18.3. The molecule has 24 heavy (non-hydrogen) atoms. The van der Waals surface area contributed by atoms with Crippen molar-refractivity contribution in [1.29, 1.82) is 0 Å². The van der Waals surface area contributed by atoms with Crippen LogP contribution in [0.4, 0.5) is 0 Å². The van der Waals surface area contributed by atoms with Crippen LogP contribution in [0.2, 0.25) is 0 Å². The van der Waals surface area contributed by atoms with Gasteiger partial charge in [-0.25, -0.2) is 0 Å². The molecule has 1 amide bonds. The molecule has 0 unspecified atom stereocenters. The van der Waals surface area contributed by atoms with Crippen molar-refractivity contribution in [1.82, 2.24) is 9.80 Å². The average molecular weight is 324 g/mol. The summed E-state index contributed by atoms with van der Waals surface area (Å²) >= 11 is 0. The Morgan fingerprint density at radius 3 is 2.33 bits per heavy atom. The number of amides is 1. The second kappa shape index (κ2) is 5.87. The number of hydrogen-bond donors (Lipinski definition) is 0. The van der Waals surface area contributed by atoms with Crippen molar-refractivity contribution in [2.45, 2.75) is 56.5 Å². The van der Waals surface area contributed by atoms with Gasteiger partial charge in [-0.15, -0.1) is 0 Å². The minimum Gasteiger partial charge on any atom is -0.337 e. The summed E-state index contributed by atoms with van der Waals surface area (Å²) in [6, 6.07) is 12.0. The molecule has 1 aromatic rings. The van der Waals surface area contributed by atoms with Crippen LogP contribution in [0.25, 0.3) is 0 Å². The minimum atomic E-state index is 0.315. The first-order chi connectivity index (χ1) is 11.8. The summed E-state index contributed by atoms with van der Waals surface area (Å²) in [5.74, 6) is 2.04. The maximum Gasteiger partial charge on any atom is 0.226 e. The standard InChI is InChI=1S/C21H28N2O/c24-21(17-8-4-5-9-17)23-14-18(15-6-2-1-3-7-15)20-19(23)16-10-12-22(20)13-11-16/h1-3,6-7,16-20H,4-5,8-14H2/t18-,19+,20+/m1/s1. The zero-order valence-corrected chi connectivity index (χ0v) is 14.4. The first kappa shape index (κ1) is 14.9. The van der Waals surface area contributed by atoms with Crippen molar-refractivity contribution in [2.75, 3.05) is 19.6 Å². The number of hydrogen-bond acceptors (Lipinski definition) is 2. The second-order valence-corrected chi connectivity index (χ2v) is 8.34. The molecule has 1 aromatic carbocycles. The van der Waals surface area contributed by atoms with Crippen LogP contribution in [-0.2, 0) is 4.79 Å². The van der Waals surface area contributed by atoms with E-state index in [9.17, 15) is 4.79 Å². The van der Waals surface area contributed by atoms with Gasteiger partial charge in [0.1, 0.15) is 0 Å². The van der Waals surface area contributed by atoms with Gasteiger partial charge in [0.15, 0.2) is 0 Å². The van der Waals surface area contributed by atoms with E-state index in [2.05, 4.69) is 40.1 Å². The van der Waals surface area contributed by atoms with Gasteiger partial charge in [0.25, 0.3) is 0 Å². The average Bonchev–Trinajstić information content (AvgIpc) is 3.32. The van der Waals surface area contributed by atoms with E-state index in [0.29, 0.717) is 29.8 Å². The lowest BCUT2D eigenvalue weighted by molar-refractivity contribution is -0.140. The normalized spacial score (nSPS) is 38.5. The molecule has 6 rings (SSSR count). The third-order valence-electron chi connectivity index (χ3n) is 7.21. The van der Waals surface area contributed by atoms with Gasteiger partial charge >= 0.3 is 0 Å². The van der Waals surface area contributed by atoms with E-state index in [1.165, 1.54) is 44.3 Å². The molecule has 5 aliphatic rings. The van der Waals surface area contributed by atoms with Crippen LogP contribution in [-0.4, -0.2) is 47.4 Å². The Kier molecular flexibility index (Phi) is 3.66. The number of piperidine rings is 3.